The van der Waals surface area contributed by atoms with Gasteiger partial charge in [0.25, 0.3) is 0 Å². The lowest BCUT2D eigenvalue weighted by molar-refractivity contribution is 0.0366. The Balaban J connectivity index is 2.08. The molecule has 0 aliphatic carbocycles. The van der Waals surface area contributed by atoms with Gasteiger partial charge in [-0.05, 0) is 24.1 Å². The van der Waals surface area contributed by atoms with Crippen molar-refractivity contribution < 1.29 is 14.2 Å². The normalized spacial score (nSPS) is 10.4. The molecule has 112 valence electrons. The van der Waals surface area contributed by atoms with Crippen molar-refractivity contribution in [3.63, 3.8) is 0 Å². The van der Waals surface area contributed by atoms with E-state index in [0.717, 1.165) is 24.3 Å². The first-order chi connectivity index (χ1) is 9.72. The number of rotatable bonds is 11. The summed E-state index contributed by atoms with van der Waals surface area (Å²) in [6, 6.07) is 7.76. The monoisotopic (exact) mass is 297 g/mol. The smallest absolute Gasteiger partial charge is 0.119 e. The average Bonchev–Trinajstić information content (AvgIpc) is 2.43. The molecule has 1 rings (SSSR count). The number of nitrogens with two attached hydrogens (primary N) is 1. The van der Waals surface area contributed by atoms with Gasteiger partial charge in [-0.15, -0.1) is 0 Å². The minimum absolute atomic E-state index is 0.498. The third-order valence-corrected chi connectivity index (χ3v) is 2.66. The van der Waals surface area contributed by atoms with E-state index in [9.17, 15) is 0 Å². The highest BCUT2D eigenvalue weighted by Gasteiger charge is 1.97. The van der Waals surface area contributed by atoms with Crippen LogP contribution in [0.3, 0.4) is 0 Å². The summed E-state index contributed by atoms with van der Waals surface area (Å²) in [5, 5.41) is 0. The van der Waals surface area contributed by atoms with Crippen LogP contribution in [0.15, 0.2) is 24.3 Å². The van der Waals surface area contributed by atoms with Gasteiger partial charge >= 0.3 is 0 Å². The van der Waals surface area contributed by atoms with Crippen LogP contribution in [0.4, 0.5) is 0 Å². The van der Waals surface area contributed by atoms with E-state index in [1.165, 1.54) is 0 Å². The van der Waals surface area contributed by atoms with E-state index in [1.54, 1.807) is 0 Å². The lowest BCUT2D eigenvalue weighted by Gasteiger charge is -2.08. The molecule has 0 aliphatic rings. The van der Waals surface area contributed by atoms with Crippen molar-refractivity contribution in [3.05, 3.63) is 29.8 Å². The minimum atomic E-state index is 0.498. The molecular formula is C15H23NO3S. The molecule has 0 heterocycles. The van der Waals surface area contributed by atoms with E-state index in [0.29, 0.717) is 37.8 Å². The van der Waals surface area contributed by atoms with Crippen LogP contribution in [0.1, 0.15) is 18.9 Å². The standard InChI is InChI=1S/C15H23NO3S/c1-2-7-17-8-9-18-10-11-19-14-5-3-13(4-6-14)12-15(16)20/h3-6H,2,7-12H2,1H3,(H2,16,20). The highest BCUT2D eigenvalue weighted by atomic mass is 32.1. The SMILES string of the molecule is CCCOCCOCCOc1ccc(CC(N)=S)cc1. The predicted molar refractivity (Wildman–Crippen MR) is 84.4 cm³/mol. The maximum absolute atomic E-state index is 5.56. The fourth-order valence-electron chi connectivity index (χ4n) is 1.59. The molecule has 0 saturated heterocycles. The first-order valence-electron chi connectivity index (χ1n) is 6.88. The molecule has 0 unspecified atom stereocenters. The van der Waals surface area contributed by atoms with Crippen molar-refractivity contribution in [2.45, 2.75) is 19.8 Å². The van der Waals surface area contributed by atoms with Crippen LogP contribution in [0, 0.1) is 0 Å². The Morgan fingerprint density at radius 3 is 2.20 bits per heavy atom. The largest absolute Gasteiger partial charge is 0.491 e. The zero-order valence-electron chi connectivity index (χ0n) is 12.0. The molecule has 20 heavy (non-hydrogen) atoms. The summed E-state index contributed by atoms with van der Waals surface area (Å²) >= 11 is 4.87. The molecule has 0 bridgehead atoms. The number of hydrogen-bond acceptors (Lipinski definition) is 4. The quantitative estimate of drug-likeness (QED) is 0.502. The molecule has 1 aromatic carbocycles. The predicted octanol–water partition coefficient (Wildman–Crippen LogP) is 2.34. The van der Waals surface area contributed by atoms with Crippen LogP contribution >= 0.6 is 12.2 Å². The number of thiocarbonyl (C=S) groups is 1. The molecule has 0 fully saturated rings. The maximum Gasteiger partial charge on any atom is 0.119 e. The second kappa shape index (κ2) is 10.6. The molecule has 0 aliphatic heterocycles. The van der Waals surface area contributed by atoms with Crippen molar-refractivity contribution in [2.75, 3.05) is 33.0 Å². The fourth-order valence-corrected chi connectivity index (χ4v) is 1.76. The topological polar surface area (TPSA) is 53.7 Å². The van der Waals surface area contributed by atoms with Crippen molar-refractivity contribution in [3.8, 4) is 5.75 Å². The van der Waals surface area contributed by atoms with Gasteiger partial charge in [0.15, 0.2) is 0 Å². The molecule has 0 spiro atoms. The van der Waals surface area contributed by atoms with Gasteiger partial charge in [-0.2, -0.15) is 0 Å². The fraction of sp³-hybridized carbons (Fsp3) is 0.533. The molecule has 0 atom stereocenters. The van der Waals surface area contributed by atoms with E-state index in [2.05, 4.69) is 6.92 Å². The Morgan fingerprint density at radius 1 is 1.00 bits per heavy atom. The minimum Gasteiger partial charge on any atom is -0.491 e. The molecule has 2 N–H and O–H groups in total. The molecular weight excluding hydrogens is 274 g/mol. The lowest BCUT2D eigenvalue weighted by atomic mass is 10.1. The Hall–Kier alpha value is -1.17. The van der Waals surface area contributed by atoms with E-state index in [-0.39, 0.29) is 0 Å². The van der Waals surface area contributed by atoms with Gasteiger partial charge in [0.2, 0.25) is 0 Å². The first kappa shape index (κ1) is 16.9. The highest BCUT2D eigenvalue weighted by molar-refractivity contribution is 7.80. The van der Waals surface area contributed by atoms with Gasteiger partial charge in [0, 0.05) is 13.0 Å². The van der Waals surface area contributed by atoms with Crippen molar-refractivity contribution in [1.29, 1.82) is 0 Å². The van der Waals surface area contributed by atoms with Crippen LogP contribution in [-0.2, 0) is 15.9 Å². The Kier molecular flexibility index (Phi) is 8.95. The van der Waals surface area contributed by atoms with Gasteiger partial charge in [0.05, 0.1) is 24.8 Å². The van der Waals surface area contributed by atoms with Crippen LogP contribution in [0.25, 0.3) is 0 Å². The third kappa shape index (κ3) is 8.09. The zero-order chi connectivity index (χ0) is 14.6. The molecule has 1 aromatic rings. The molecule has 0 saturated carbocycles. The molecule has 4 nitrogen and oxygen atoms in total. The van der Waals surface area contributed by atoms with Crippen molar-refractivity contribution in [1.82, 2.24) is 0 Å². The number of ether oxygens (including phenoxy) is 3. The second-order valence-electron chi connectivity index (χ2n) is 4.36. The van der Waals surface area contributed by atoms with Gasteiger partial charge < -0.3 is 19.9 Å². The summed E-state index contributed by atoms with van der Waals surface area (Å²) in [7, 11) is 0. The first-order valence-corrected chi connectivity index (χ1v) is 7.28. The van der Waals surface area contributed by atoms with E-state index >= 15 is 0 Å². The lowest BCUT2D eigenvalue weighted by Crippen LogP contribution is -2.11. The molecule has 5 heteroatoms. The summed E-state index contributed by atoms with van der Waals surface area (Å²) in [4.78, 5) is 0.498. The molecule has 0 aromatic heterocycles. The van der Waals surface area contributed by atoms with Crippen molar-refractivity contribution in [2.24, 2.45) is 5.73 Å². The van der Waals surface area contributed by atoms with Gasteiger partial charge in [0.1, 0.15) is 12.4 Å². The maximum atomic E-state index is 5.56. The van der Waals surface area contributed by atoms with Crippen LogP contribution < -0.4 is 10.5 Å². The third-order valence-electron chi connectivity index (χ3n) is 2.52. The summed E-state index contributed by atoms with van der Waals surface area (Å²) in [5.41, 5.74) is 6.58. The van der Waals surface area contributed by atoms with Gasteiger partial charge in [-0.25, -0.2) is 0 Å². The Labute approximate surface area is 126 Å². The van der Waals surface area contributed by atoms with E-state index in [1.807, 2.05) is 24.3 Å². The molecule has 0 radical (unpaired) electrons. The van der Waals surface area contributed by atoms with Crippen LogP contribution in [0.2, 0.25) is 0 Å². The summed E-state index contributed by atoms with van der Waals surface area (Å²) in [6.07, 6.45) is 1.66. The summed E-state index contributed by atoms with van der Waals surface area (Å²) in [5.74, 6) is 0.822. The average molecular weight is 297 g/mol. The summed E-state index contributed by atoms with van der Waals surface area (Å²) < 4.78 is 16.3. The van der Waals surface area contributed by atoms with E-state index in [4.69, 9.17) is 32.2 Å². The Morgan fingerprint density at radius 2 is 1.60 bits per heavy atom. The van der Waals surface area contributed by atoms with Gasteiger partial charge in [-0.1, -0.05) is 31.3 Å². The molecule has 0 amide bonds. The highest BCUT2D eigenvalue weighted by Crippen LogP contribution is 2.12. The van der Waals surface area contributed by atoms with Crippen LogP contribution in [0.5, 0.6) is 5.75 Å². The second-order valence-corrected chi connectivity index (χ2v) is 4.88. The Bertz CT molecular complexity index is 381. The number of benzene rings is 1. The van der Waals surface area contributed by atoms with Crippen LogP contribution in [-0.4, -0.2) is 38.0 Å². The van der Waals surface area contributed by atoms with Crippen molar-refractivity contribution >= 4 is 17.2 Å². The van der Waals surface area contributed by atoms with Gasteiger partial charge in [-0.3, -0.25) is 0 Å². The summed E-state index contributed by atoms with van der Waals surface area (Å²) in [6.45, 7) is 5.21. The number of hydrogen-bond donors (Lipinski definition) is 1. The zero-order valence-corrected chi connectivity index (χ0v) is 12.8. The van der Waals surface area contributed by atoms with E-state index < -0.39 is 0 Å².